The zero-order valence-corrected chi connectivity index (χ0v) is 13.3. The van der Waals surface area contributed by atoms with Gasteiger partial charge in [0.1, 0.15) is 12.4 Å². The van der Waals surface area contributed by atoms with Gasteiger partial charge in [0, 0.05) is 10.7 Å². The third-order valence-corrected chi connectivity index (χ3v) is 3.92. The fourth-order valence-corrected chi connectivity index (χ4v) is 2.92. The minimum atomic E-state index is 0.601. The van der Waals surface area contributed by atoms with Crippen LogP contribution in [0, 0.1) is 0 Å². The van der Waals surface area contributed by atoms with E-state index in [4.69, 9.17) is 4.74 Å². The first-order chi connectivity index (χ1) is 10.4. The molecule has 0 amide bonds. The SMILES string of the molecule is BrCCc1cccc(COc2cccc3ccccc23)c1. The zero-order chi connectivity index (χ0) is 14.5. The van der Waals surface area contributed by atoms with Crippen LogP contribution in [0.2, 0.25) is 0 Å². The molecule has 0 aliphatic carbocycles. The lowest BCUT2D eigenvalue weighted by Crippen LogP contribution is -1.97. The molecule has 3 aromatic carbocycles. The molecular weight excluding hydrogens is 324 g/mol. The predicted molar refractivity (Wildman–Crippen MR) is 92.2 cm³/mol. The summed E-state index contributed by atoms with van der Waals surface area (Å²) in [5, 5.41) is 3.36. The fraction of sp³-hybridized carbons (Fsp3) is 0.158. The number of alkyl halides is 1. The largest absolute Gasteiger partial charge is 0.488 e. The summed E-state index contributed by atoms with van der Waals surface area (Å²) in [6, 6.07) is 23.1. The molecule has 0 fully saturated rings. The molecule has 0 bridgehead atoms. The summed E-state index contributed by atoms with van der Waals surface area (Å²) in [5.74, 6) is 0.944. The lowest BCUT2D eigenvalue weighted by molar-refractivity contribution is 0.310. The number of hydrogen-bond donors (Lipinski definition) is 0. The Hall–Kier alpha value is -1.80. The van der Waals surface area contributed by atoms with Gasteiger partial charge in [-0.15, -0.1) is 0 Å². The Morgan fingerprint density at radius 1 is 0.810 bits per heavy atom. The van der Waals surface area contributed by atoms with Crippen LogP contribution in [0.5, 0.6) is 5.75 Å². The van der Waals surface area contributed by atoms with E-state index in [2.05, 4.69) is 64.5 Å². The summed E-state index contributed by atoms with van der Waals surface area (Å²) in [4.78, 5) is 0. The topological polar surface area (TPSA) is 9.23 Å². The third kappa shape index (κ3) is 3.45. The summed E-state index contributed by atoms with van der Waals surface area (Å²) >= 11 is 3.48. The molecule has 1 nitrogen and oxygen atoms in total. The Morgan fingerprint density at radius 3 is 2.48 bits per heavy atom. The van der Waals surface area contributed by atoms with Gasteiger partial charge >= 0.3 is 0 Å². The van der Waals surface area contributed by atoms with Crippen molar-refractivity contribution in [3.8, 4) is 5.75 Å². The molecular formula is C19H17BrO. The molecule has 0 aromatic heterocycles. The van der Waals surface area contributed by atoms with E-state index in [1.54, 1.807) is 0 Å². The van der Waals surface area contributed by atoms with Crippen LogP contribution in [0.25, 0.3) is 10.8 Å². The maximum atomic E-state index is 6.03. The summed E-state index contributed by atoms with van der Waals surface area (Å²) < 4.78 is 6.03. The molecule has 3 rings (SSSR count). The highest BCUT2D eigenvalue weighted by molar-refractivity contribution is 9.09. The van der Waals surface area contributed by atoms with Crippen LogP contribution < -0.4 is 4.74 Å². The quantitative estimate of drug-likeness (QED) is 0.568. The van der Waals surface area contributed by atoms with Crippen molar-refractivity contribution in [3.05, 3.63) is 77.9 Å². The number of hydrogen-bond acceptors (Lipinski definition) is 1. The molecule has 0 saturated heterocycles. The first kappa shape index (κ1) is 14.2. The van der Waals surface area contributed by atoms with Crippen LogP contribution in [-0.2, 0) is 13.0 Å². The van der Waals surface area contributed by atoms with Crippen molar-refractivity contribution < 1.29 is 4.74 Å². The highest BCUT2D eigenvalue weighted by atomic mass is 79.9. The molecule has 0 spiro atoms. The lowest BCUT2D eigenvalue weighted by Gasteiger charge is -2.10. The van der Waals surface area contributed by atoms with E-state index in [0.29, 0.717) is 6.61 Å². The standard InChI is InChI=1S/C19H17BrO/c20-12-11-15-5-3-6-16(13-15)14-21-19-10-4-8-17-7-1-2-9-18(17)19/h1-10,13H,11-12,14H2. The Kier molecular flexibility index (Phi) is 4.56. The lowest BCUT2D eigenvalue weighted by atomic mass is 10.1. The van der Waals surface area contributed by atoms with Gasteiger partial charge in [-0.1, -0.05) is 76.6 Å². The van der Waals surface area contributed by atoms with Gasteiger partial charge < -0.3 is 4.74 Å². The molecule has 106 valence electrons. The van der Waals surface area contributed by atoms with Gasteiger partial charge in [0.15, 0.2) is 0 Å². The summed E-state index contributed by atoms with van der Waals surface area (Å²) in [6.45, 7) is 0.601. The molecule has 0 saturated carbocycles. The van der Waals surface area contributed by atoms with E-state index in [1.165, 1.54) is 16.5 Å². The molecule has 0 heterocycles. The summed E-state index contributed by atoms with van der Waals surface area (Å²) in [7, 11) is 0. The zero-order valence-electron chi connectivity index (χ0n) is 11.8. The van der Waals surface area contributed by atoms with Gasteiger partial charge in [0.2, 0.25) is 0 Å². The van der Waals surface area contributed by atoms with Crippen LogP contribution in [0.3, 0.4) is 0 Å². The van der Waals surface area contributed by atoms with E-state index >= 15 is 0 Å². The second-order valence-corrected chi connectivity index (χ2v) is 5.82. The van der Waals surface area contributed by atoms with Gasteiger partial charge in [-0.2, -0.15) is 0 Å². The van der Waals surface area contributed by atoms with Crippen LogP contribution in [0.1, 0.15) is 11.1 Å². The molecule has 0 N–H and O–H groups in total. The van der Waals surface area contributed by atoms with Crippen molar-refractivity contribution in [2.75, 3.05) is 5.33 Å². The van der Waals surface area contributed by atoms with E-state index in [-0.39, 0.29) is 0 Å². The number of ether oxygens (including phenoxy) is 1. The smallest absolute Gasteiger partial charge is 0.127 e. The van der Waals surface area contributed by atoms with Crippen LogP contribution >= 0.6 is 15.9 Å². The van der Waals surface area contributed by atoms with Crippen molar-refractivity contribution in [2.24, 2.45) is 0 Å². The highest BCUT2D eigenvalue weighted by Gasteiger charge is 2.02. The van der Waals surface area contributed by atoms with Gasteiger partial charge in [0.25, 0.3) is 0 Å². The second kappa shape index (κ2) is 6.77. The normalized spacial score (nSPS) is 10.7. The average Bonchev–Trinajstić information content (AvgIpc) is 2.53. The van der Waals surface area contributed by atoms with Crippen LogP contribution in [0.4, 0.5) is 0 Å². The number of halogens is 1. The van der Waals surface area contributed by atoms with Crippen molar-refractivity contribution in [2.45, 2.75) is 13.0 Å². The van der Waals surface area contributed by atoms with Crippen molar-refractivity contribution in [1.82, 2.24) is 0 Å². The maximum absolute atomic E-state index is 6.03. The molecule has 3 aromatic rings. The van der Waals surface area contributed by atoms with Crippen molar-refractivity contribution in [3.63, 3.8) is 0 Å². The highest BCUT2D eigenvalue weighted by Crippen LogP contribution is 2.26. The van der Waals surface area contributed by atoms with Gasteiger partial charge in [0.05, 0.1) is 0 Å². The fourth-order valence-electron chi connectivity index (χ4n) is 2.47. The van der Waals surface area contributed by atoms with Gasteiger partial charge in [-0.05, 0) is 29.0 Å². The molecule has 21 heavy (non-hydrogen) atoms. The van der Waals surface area contributed by atoms with E-state index in [0.717, 1.165) is 22.9 Å². The Morgan fingerprint density at radius 2 is 1.57 bits per heavy atom. The first-order valence-corrected chi connectivity index (χ1v) is 8.23. The molecule has 0 atom stereocenters. The van der Waals surface area contributed by atoms with E-state index in [1.807, 2.05) is 18.2 Å². The van der Waals surface area contributed by atoms with Crippen LogP contribution in [0.15, 0.2) is 66.7 Å². The minimum Gasteiger partial charge on any atom is -0.488 e. The Balaban J connectivity index is 1.79. The monoisotopic (exact) mass is 340 g/mol. The number of fused-ring (bicyclic) bond motifs is 1. The number of aryl methyl sites for hydroxylation is 1. The van der Waals surface area contributed by atoms with E-state index in [9.17, 15) is 0 Å². The maximum Gasteiger partial charge on any atom is 0.127 e. The third-order valence-electron chi connectivity index (χ3n) is 3.52. The molecule has 0 aliphatic heterocycles. The molecule has 2 heteroatoms. The number of benzene rings is 3. The second-order valence-electron chi connectivity index (χ2n) is 5.02. The average molecular weight is 341 g/mol. The summed E-state index contributed by atoms with van der Waals surface area (Å²) in [6.07, 6.45) is 1.04. The molecule has 0 aliphatic rings. The summed E-state index contributed by atoms with van der Waals surface area (Å²) in [5.41, 5.74) is 2.55. The minimum absolute atomic E-state index is 0.601. The van der Waals surface area contributed by atoms with Crippen molar-refractivity contribution in [1.29, 1.82) is 0 Å². The molecule has 0 radical (unpaired) electrons. The molecule has 0 unspecified atom stereocenters. The van der Waals surface area contributed by atoms with Crippen molar-refractivity contribution >= 4 is 26.7 Å². The van der Waals surface area contributed by atoms with Gasteiger partial charge in [-0.3, -0.25) is 0 Å². The Bertz CT molecular complexity index is 731. The first-order valence-electron chi connectivity index (χ1n) is 7.11. The van der Waals surface area contributed by atoms with E-state index < -0.39 is 0 Å². The Labute approximate surface area is 133 Å². The van der Waals surface area contributed by atoms with Crippen LogP contribution in [-0.4, -0.2) is 5.33 Å². The predicted octanol–water partition coefficient (Wildman–Crippen LogP) is 5.36. The number of rotatable bonds is 5. The van der Waals surface area contributed by atoms with Gasteiger partial charge in [-0.25, -0.2) is 0 Å².